The molecular weight excluding hydrogens is 158 g/mol. The molecule has 0 fully saturated rings. The van der Waals surface area contributed by atoms with Gasteiger partial charge in [0.05, 0.1) is 6.10 Å². The monoisotopic (exact) mass is 175 g/mol. The van der Waals surface area contributed by atoms with Gasteiger partial charge in [0.1, 0.15) is 0 Å². The summed E-state index contributed by atoms with van der Waals surface area (Å²) >= 11 is 0. The van der Waals surface area contributed by atoms with Crippen molar-refractivity contribution in [2.45, 2.75) is 25.9 Å². The topological polar surface area (TPSA) is 60.8 Å². The summed E-state index contributed by atoms with van der Waals surface area (Å²) < 4.78 is 0. The maximum absolute atomic E-state index is 10.1. The van der Waals surface area contributed by atoms with Crippen molar-refractivity contribution in [2.24, 2.45) is 0 Å². The Balaban J connectivity index is 3.31. The molecule has 0 bridgehead atoms. The molecule has 0 spiro atoms. The molecule has 72 valence electrons. The van der Waals surface area contributed by atoms with E-state index in [0.29, 0.717) is 13.0 Å². The number of nitrogens with zero attached hydrogens (tertiary/aromatic N) is 1. The van der Waals surface area contributed by atoms with Gasteiger partial charge in [0.25, 0.3) is 0 Å². The van der Waals surface area contributed by atoms with Crippen molar-refractivity contribution in [3.63, 3.8) is 0 Å². The van der Waals surface area contributed by atoms with Gasteiger partial charge in [0.15, 0.2) is 0 Å². The second-order valence-electron chi connectivity index (χ2n) is 3.11. The molecule has 0 unspecified atom stereocenters. The van der Waals surface area contributed by atoms with Crippen LogP contribution in [0.3, 0.4) is 0 Å². The smallest absolute Gasteiger partial charge is 0.303 e. The van der Waals surface area contributed by atoms with Gasteiger partial charge in [-0.2, -0.15) is 0 Å². The number of carbonyl (C=O) groups is 1. The fourth-order valence-electron chi connectivity index (χ4n) is 1.04. The zero-order valence-corrected chi connectivity index (χ0v) is 7.66. The first-order valence-corrected chi connectivity index (χ1v) is 4.10. The van der Waals surface area contributed by atoms with Crippen molar-refractivity contribution in [1.82, 2.24) is 4.90 Å². The van der Waals surface area contributed by atoms with Crippen LogP contribution in [0.2, 0.25) is 0 Å². The van der Waals surface area contributed by atoms with E-state index in [1.54, 1.807) is 6.92 Å². The highest BCUT2D eigenvalue weighted by Crippen LogP contribution is 1.94. The van der Waals surface area contributed by atoms with Gasteiger partial charge in [-0.3, -0.25) is 4.79 Å². The van der Waals surface area contributed by atoms with Crippen LogP contribution in [0.4, 0.5) is 0 Å². The summed E-state index contributed by atoms with van der Waals surface area (Å²) in [6.45, 7) is 3.03. The number of aliphatic hydroxyl groups is 1. The largest absolute Gasteiger partial charge is 0.481 e. The van der Waals surface area contributed by atoms with Crippen LogP contribution >= 0.6 is 0 Å². The van der Waals surface area contributed by atoms with E-state index in [2.05, 4.69) is 0 Å². The van der Waals surface area contributed by atoms with Gasteiger partial charge in [0, 0.05) is 13.0 Å². The molecule has 0 radical (unpaired) electrons. The average molecular weight is 175 g/mol. The lowest BCUT2D eigenvalue weighted by atomic mass is 10.3. The Hall–Kier alpha value is -0.610. The molecule has 0 aliphatic carbocycles. The molecule has 0 heterocycles. The Bertz CT molecular complexity index is 136. The lowest BCUT2D eigenvalue weighted by molar-refractivity contribution is -0.137. The SMILES string of the molecule is C[C@H](O)CN(C)CCCC(=O)O. The highest BCUT2D eigenvalue weighted by atomic mass is 16.4. The second-order valence-corrected chi connectivity index (χ2v) is 3.11. The van der Waals surface area contributed by atoms with Crippen LogP contribution in [0.25, 0.3) is 0 Å². The molecule has 4 heteroatoms. The number of aliphatic carboxylic acids is 1. The number of aliphatic hydroxyl groups excluding tert-OH is 1. The predicted molar refractivity (Wildman–Crippen MR) is 46.0 cm³/mol. The third-order valence-electron chi connectivity index (χ3n) is 1.51. The van der Waals surface area contributed by atoms with E-state index in [9.17, 15) is 4.79 Å². The summed E-state index contributed by atoms with van der Waals surface area (Å²) in [6.07, 6.45) is 0.489. The maximum Gasteiger partial charge on any atom is 0.303 e. The van der Waals surface area contributed by atoms with Crippen LogP contribution < -0.4 is 0 Å². The molecule has 0 saturated carbocycles. The lowest BCUT2D eigenvalue weighted by Gasteiger charge is -2.17. The first kappa shape index (κ1) is 11.4. The van der Waals surface area contributed by atoms with Gasteiger partial charge in [-0.25, -0.2) is 0 Å². The third kappa shape index (κ3) is 7.50. The Morgan fingerprint density at radius 3 is 2.58 bits per heavy atom. The number of rotatable bonds is 6. The van der Waals surface area contributed by atoms with Gasteiger partial charge >= 0.3 is 5.97 Å². The van der Waals surface area contributed by atoms with Crippen molar-refractivity contribution in [3.05, 3.63) is 0 Å². The predicted octanol–water partition coefficient (Wildman–Crippen LogP) is 0.164. The van der Waals surface area contributed by atoms with Crippen molar-refractivity contribution < 1.29 is 15.0 Å². The molecule has 1 atom stereocenters. The maximum atomic E-state index is 10.1. The molecule has 0 aromatic heterocycles. The average Bonchev–Trinajstić information content (AvgIpc) is 1.84. The van der Waals surface area contributed by atoms with Gasteiger partial charge in [-0.05, 0) is 26.9 Å². The molecular formula is C8H17NO3. The number of carboxylic acid groups (broad SMARTS) is 1. The first-order chi connectivity index (χ1) is 5.52. The van der Waals surface area contributed by atoms with Crippen LogP contribution in [0.5, 0.6) is 0 Å². The Labute approximate surface area is 72.8 Å². The van der Waals surface area contributed by atoms with E-state index >= 15 is 0 Å². The molecule has 0 saturated heterocycles. The summed E-state index contributed by atoms with van der Waals surface area (Å²) in [7, 11) is 1.87. The summed E-state index contributed by atoms with van der Waals surface area (Å²) in [6, 6.07) is 0. The molecule has 0 amide bonds. The van der Waals surface area contributed by atoms with Crippen LogP contribution in [-0.2, 0) is 4.79 Å². The van der Waals surface area contributed by atoms with Crippen molar-refractivity contribution >= 4 is 5.97 Å². The Kier molecular flexibility index (Phi) is 5.66. The zero-order chi connectivity index (χ0) is 9.56. The van der Waals surface area contributed by atoms with E-state index in [0.717, 1.165) is 6.54 Å². The minimum Gasteiger partial charge on any atom is -0.481 e. The van der Waals surface area contributed by atoms with Crippen LogP contribution in [0.15, 0.2) is 0 Å². The van der Waals surface area contributed by atoms with Gasteiger partial charge in [-0.15, -0.1) is 0 Å². The van der Waals surface area contributed by atoms with E-state index in [1.165, 1.54) is 0 Å². The Morgan fingerprint density at radius 1 is 1.58 bits per heavy atom. The summed E-state index contributed by atoms with van der Waals surface area (Å²) in [5.41, 5.74) is 0. The van der Waals surface area contributed by atoms with Gasteiger partial charge < -0.3 is 15.1 Å². The molecule has 0 aliphatic rings. The molecule has 0 aromatic carbocycles. The quantitative estimate of drug-likeness (QED) is 0.604. The first-order valence-electron chi connectivity index (χ1n) is 4.10. The molecule has 0 aliphatic heterocycles. The van der Waals surface area contributed by atoms with E-state index in [4.69, 9.17) is 10.2 Å². The normalized spacial score (nSPS) is 13.3. The van der Waals surface area contributed by atoms with E-state index < -0.39 is 5.97 Å². The highest BCUT2D eigenvalue weighted by Gasteiger charge is 2.03. The number of carboxylic acids is 1. The minimum atomic E-state index is -0.763. The molecule has 0 aromatic rings. The highest BCUT2D eigenvalue weighted by molar-refractivity contribution is 5.66. The van der Waals surface area contributed by atoms with Crippen molar-refractivity contribution in [2.75, 3.05) is 20.1 Å². The third-order valence-corrected chi connectivity index (χ3v) is 1.51. The number of hydrogen-bond acceptors (Lipinski definition) is 3. The summed E-state index contributed by atoms with van der Waals surface area (Å²) in [5.74, 6) is -0.763. The minimum absolute atomic E-state index is 0.199. The number of likely N-dealkylation sites (N-methyl/N-ethyl adjacent to an activating group) is 1. The zero-order valence-electron chi connectivity index (χ0n) is 7.66. The summed E-state index contributed by atoms with van der Waals surface area (Å²) in [4.78, 5) is 12.1. The fraction of sp³-hybridized carbons (Fsp3) is 0.875. The molecule has 2 N–H and O–H groups in total. The van der Waals surface area contributed by atoms with Crippen LogP contribution in [0, 0.1) is 0 Å². The second kappa shape index (κ2) is 5.97. The molecule has 4 nitrogen and oxygen atoms in total. The van der Waals surface area contributed by atoms with Crippen LogP contribution in [0.1, 0.15) is 19.8 Å². The number of hydrogen-bond donors (Lipinski definition) is 2. The van der Waals surface area contributed by atoms with Gasteiger partial charge in [0.2, 0.25) is 0 Å². The van der Waals surface area contributed by atoms with E-state index in [1.807, 2.05) is 11.9 Å². The molecule has 12 heavy (non-hydrogen) atoms. The summed E-state index contributed by atoms with van der Waals surface area (Å²) in [5, 5.41) is 17.3. The van der Waals surface area contributed by atoms with Gasteiger partial charge in [-0.1, -0.05) is 0 Å². The standard InChI is InChI=1S/C8H17NO3/c1-7(10)6-9(2)5-3-4-8(11)12/h7,10H,3-6H2,1-2H3,(H,11,12)/t7-/m0/s1. The van der Waals surface area contributed by atoms with Crippen molar-refractivity contribution in [1.29, 1.82) is 0 Å². The molecule has 0 rings (SSSR count). The lowest BCUT2D eigenvalue weighted by Crippen LogP contribution is -2.28. The fourth-order valence-corrected chi connectivity index (χ4v) is 1.04. The van der Waals surface area contributed by atoms with Crippen molar-refractivity contribution in [3.8, 4) is 0 Å². The van der Waals surface area contributed by atoms with Crippen LogP contribution in [-0.4, -0.2) is 47.3 Å². The van der Waals surface area contributed by atoms with E-state index in [-0.39, 0.29) is 12.5 Å². The Morgan fingerprint density at radius 2 is 2.17 bits per heavy atom.